The van der Waals surface area contributed by atoms with Crippen LogP contribution in [0.5, 0.6) is 0 Å². The van der Waals surface area contributed by atoms with Gasteiger partial charge in [-0.3, -0.25) is 14.8 Å². The quantitative estimate of drug-likeness (QED) is 0.276. The molecule has 156 valence electrons. The van der Waals surface area contributed by atoms with E-state index >= 15 is 0 Å². The number of nitro benzene ring substituents is 1. The van der Waals surface area contributed by atoms with Gasteiger partial charge in [-0.25, -0.2) is 0 Å². The lowest BCUT2D eigenvalue weighted by atomic mass is 10.2. The van der Waals surface area contributed by atoms with E-state index in [9.17, 15) is 23.3 Å². The first kappa shape index (κ1) is 21.3. The molecule has 29 heavy (non-hydrogen) atoms. The second-order valence-electron chi connectivity index (χ2n) is 6.58. The van der Waals surface area contributed by atoms with E-state index in [1.54, 1.807) is 0 Å². The Morgan fingerprint density at radius 1 is 1.34 bits per heavy atom. The zero-order valence-corrected chi connectivity index (χ0v) is 16.6. The van der Waals surface area contributed by atoms with E-state index in [-0.39, 0.29) is 23.2 Å². The fraction of sp³-hybridized carbons (Fsp3) is 0.412. The molecule has 0 unspecified atom stereocenters. The van der Waals surface area contributed by atoms with E-state index in [4.69, 9.17) is 23.8 Å². The van der Waals surface area contributed by atoms with Crippen molar-refractivity contribution in [3.8, 4) is 0 Å². The topological polar surface area (TPSA) is 85.0 Å². The molecule has 2 N–H and O–H groups in total. The molecule has 0 amide bonds. The lowest BCUT2D eigenvalue weighted by molar-refractivity contribution is -0.384. The maximum absolute atomic E-state index is 13.1. The predicted octanol–water partition coefficient (Wildman–Crippen LogP) is 4.72. The van der Waals surface area contributed by atoms with Crippen LogP contribution < -0.4 is 10.6 Å². The fourth-order valence-electron chi connectivity index (χ4n) is 2.82. The molecule has 12 heteroatoms. The first-order valence-electron chi connectivity index (χ1n) is 8.79. The molecule has 1 aliphatic rings. The summed E-state index contributed by atoms with van der Waals surface area (Å²) in [6, 6.07) is 5.75. The molecular weight excluding hydrogens is 431 g/mol. The number of aromatic nitrogens is 2. The second kappa shape index (κ2) is 8.54. The Kier molecular flexibility index (Phi) is 6.27. The Balaban J connectivity index is 1.51. The number of nitrogens with zero attached hydrogens (tertiary/aromatic N) is 3. The number of thiocarbonyl (C=S) groups is 1. The Morgan fingerprint density at radius 3 is 2.55 bits per heavy atom. The average Bonchev–Trinajstić information content (AvgIpc) is 3.41. The summed E-state index contributed by atoms with van der Waals surface area (Å²) in [5.41, 5.74) is -0.0373. The molecule has 0 bridgehead atoms. The van der Waals surface area contributed by atoms with Crippen molar-refractivity contribution in [3.63, 3.8) is 0 Å². The van der Waals surface area contributed by atoms with Crippen LogP contribution in [0.4, 0.5) is 24.5 Å². The van der Waals surface area contributed by atoms with Crippen molar-refractivity contribution in [2.24, 2.45) is 0 Å². The average molecular weight is 448 g/mol. The lowest BCUT2D eigenvalue weighted by Gasteiger charge is -2.11. The summed E-state index contributed by atoms with van der Waals surface area (Å²) in [5, 5.41) is 20.1. The highest BCUT2D eigenvalue weighted by Crippen LogP contribution is 2.46. The standard InChI is InChI=1S/C17H17ClF3N5O2S/c18-13-14(10-2-3-10)25(24-15(13)17(19,20)21)9-1-8-22-16(29)23-11-4-6-12(7-5-11)26(27)28/h4-7,10H,1-3,8-9H2,(H2,22,23,29). The van der Waals surface area contributed by atoms with Crippen LogP contribution in [-0.2, 0) is 12.7 Å². The smallest absolute Gasteiger partial charge is 0.362 e. The number of hydrogen-bond donors (Lipinski definition) is 2. The van der Waals surface area contributed by atoms with Crippen molar-refractivity contribution >= 4 is 40.3 Å². The van der Waals surface area contributed by atoms with Crippen molar-refractivity contribution in [2.75, 3.05) is 11.9 Å². The minimum Gasteiger partial charge on any atom is -0.362 e. The number of non-ortho nitro benzene ring substituents is 1. The third-order valence-electron chi connectivity index (χ3n) is 4.33. The van der Waals surface area contributed by atoms with Gasteiger partial charge in [0.1, 0.15) is 0 Å². The number of alkyl halides is 3. The summed E-state index contributed by atoms with van der Waals surface area (Å²) in [4.78, 5) is 10.1. The van der Waals surface area contributed by atoms with Crippen molar-refractivity contribution in [1.29, 1.82) is 0 Å². The van der Waals surface area contributed by atoms with Gasteiger partial charge < -0.3 is 10.6 Å². The van der Waals surface area contributed by atoms with Crippen LogP contribution in [0.25, 0.3) is 0 Å². The molecule has 1 aromatic heterocycles. The van der Waals surface area contributed by atoms with Gasteiger partial charge in [-0.15, -0.1) is 0 Å². The molecule has 2 aromatic rings. The van der Waals surface area contributed by atoms with Crippen LogP contribution in [0, 0.1) is 10.1 Å². The molecule has 1 saturated carbocycles. The molecule has 0 saturated heterocycles. The SMILES string of the molecule is O=[N+]([O-])c1ccc(NC(=S)NCCCn2nc(C(F)(F)F)c(Cl)c2C2CC2)cc1. The lowest BCUT2D eigenvalue weighted by Crippen LogP contribution is -2.29. The largest absolute Gasteiger partial charge is 0.436 e. The van der Waals surface area contributed by atoms with E-state index in [0.29, 0.717) is 29.5 Å². The number of anilines is 1. The predicted molar refractivity (Wildman–Crippen MR) is 106 cm³/mol. The number of benzene rings is 1. The van der Waals surface area contributed by atoms with Crippen LogP contribution in [0.2, 0.25) is 5.02 Å². The maximum atomic E-state index is 13.1. The van der Waals surface area contributed by atoms with Crippen molar-refractivity contribution in [1.82, 2.24) is 15.1 Å². The number of nitro groups is 1. The van der Waals surface area contributed by atoms with E-state index in [0.717, 1.165) is 12.8 Å². The first-order chi connectivity index (χ1) is 13.7. The third kappa shape index (κ3) is 5.36. The molecule has 0 atom stereocenters. The van der Waals surface area contributed by atoms with Gasteiger partial charge in [0.25, 0.3) is 5.69 Å². The van der Waals surface area contributed by atoms with E-state index in [2.05, 4.69) is 15.7 Å². The minimum atomic E-state index is -4.58. The van der Waals surface area contributed by atoms with Crippen LogP contribution in [-0.4, -0.2) is 26.4 Å². The zero-order chi connectivity index (χ0) is 21.2. The summed E-state index contributed by atoms with van der Waals surface area (Å²) in [7, 11) is 0. The Hall–Kier alpha value is -2.40. The van der Waals surface area contributed by atoms with Gasteiger partial charge in [0.15, 0.2) is 10.8 Å². The summed E-state index contributed by atoms with van der Waals surface area (Å²) in [5.74, 6) is 0.0314. The van der Waals surface area contributed by atoms with Crippen molar-refractivity contribution < 1.29 is 18.1 Å². The van der Waals surface area contributed by atoms with E-state index in [1.807, 2.05) is 0 Å². The zero-order valence-electron chi connectivity index (χ0n) is 15.0. The highest BCUT2D eigenvalue weighted by Gasteiger charge is 2.41. The van der Waals surface area contributed by atoms with E-state index < -0.39 is 16.8 Å². The normalized spacial score (nSPS) is 13.9. The maximum Gasteiger partial charge on any atom is 0.436 e. The van der Waals surface area contributed by atoms with Crippen LogP contribution in [0.3, 0.4) is 0 Å². The van der Waals surface area contributed by atoms with Crippen LogP contribution in [0.15, 0.2) is 24.3 Å². The summed E-state index contributed by atoms with van der Waals surface area (Å²) >= 11 is 11.1. The van der Waals surface area contributed by atoms with Gasteiger partial charge in [-0.05, 0) is 43.6 Å². The second-order valence-corrected chi connectivity index (χ2v) is 7.37. The molecule has 0 aliphatic heterocycles. The van der Waals surface area contributed by atoms with Gasteiger partial charge in [0.05, 0.1) is 15.6 Å². The summed E-state index contributed by atoms with van der Waals surface area (Å²) in [6.07, 6.45) is -2.48. The fourth-order valence-corrected chi connectivity index (χ4v) is 3.44. The molecule has 0 radical (unpaired) electrons. The molecule has 1 heterocycles. The molecule has 1 aromatic carbocycles. The number of nitrogens with one attached hydrogen (secondary N) is 2. The van der Waals surface area contributed by atoms with Crippen LogP contribution in [0.1, 0.15) is 36.6 Å². The highest BCUT2D eigenvalue weighted by molar-refractivity contribution is 7.80. The van der Waals surface area contributed by atoms with Crippen molar-refractivity contribution in [3.05, 3.63) is 50.8 Å². The number of halogens is 4. The summed E-state index contributed by atoms with van der Waals surface area (Å²) in [6.45, 7) is 0.677. The Bertz CT molecular complexity index is 913. The molecule has 1 fully saturated rings. The van der Waals surface area contributed by atoms with Gasteiger partial charge in [-0.1, -0.05) is 11.6 Å². The number of aryl methyl sites for hydroxylation is 1. The number of hydrogen-bond acceptors (Lipinski definition) is 4. The van der Waals surface area contributed by atoms with Gasteiger partial charge in [0, 0.05) is 36.8 Å². The highest BCUT2D eigenvalue weighted by atomic mass is 35.5. The Labute approximate surface area is 174 Å². The molecule has 0 spiro atoms. The Morgan fingerprint density at radius 2 is 2.00 bits per heavy atom. The minimum absolute atomic E-state index is 0.0306. The van der Waals surface area contributed by atoms with Gasteiger partial charge in [-0.2, -0.15) is 18.3 Å². The first-order valence-corrected chi connectivity index (χ1v) is 9.58. The number of rotatable bonds is 7. The van der Waals surface area contributed by atoms with Gasteiger partial charge >= 0.3 is 6.18 Å². The van der Waals surface area contributed by atoms with Crippen LogP contribution >= 0.6 is 23.8 Å². The molecule has 1 aliphatic carbocycles. The van der Waals surface area contributed by atoms with E-state index in [1.165, 1.54) is 28.9 Å². The van der Waals surface area contributed by atoms with Gasteiger partial charge in [0.2, 0.25) is 0 Å². The molecular formula is C17H17ClF3N5O2S. The molecule has 3 rings (SSSR count). The summed E-state index contributed by atoms with van der Waals surface area (Å²) < 4.78 is 40.5. The monoisotopic (exact) mass is 447 g/mol. The molecule has 7 nitrogen and oxygen atoms in total. The van der Waals surface area contributed by atoms with Crippen molar-refractivity contribution in [2.45, 2.75) is 37.9 Å². The third-order valence-corrected chi connectivity index (χ3v) is 4.95.